The van der Waals surface area contributed by atoms with Crippen molar-refractivity contribution in [2.45, 2.75) is 11.8 Å². The molecule has 1 atom stereocenters. The maximum absolute atomic E-state index is 13.4. The summed E-state index contributed by atoms with van der Waals surface area (Å²) in [5.74, 6) is 2.94. The lowest BCUT2D eigenvalue weighted by Crippen LogP contribution is -2.26. The van der Waals surface area contributed by atoms with Crippen LogP contribution in [0.4, 0.5) is 0 Å². The van der Waals surface area contributed by atoms with E-state index in [9.17, 15) is 4.79 Å². The highest BCUT2D eigenvalue weighted by molar-refractivity contribution is 8.13. The molecule has 3 aromatic rings. The van der Waals surface area contributed by atoms with Crippen LogP contribution in [0.2, 0.25) is 0 Å². The van der Waals surface area contributed by atoms with Crippen LogP contribution in [-0.4, -0.2) is 24.9 Å². The van der Waals surface area contributed by atoms with Crippen molar-refractivity contribution in [1.82, 2.24) is 5.32 Å². The van der Waals surface area contributed by atoms with Crippen LogP contribution >= 0.6 is 11.8 Å². The molecule has 6 nitrogen and oxygen atoms in total. The molecule has 2 aliphatic heterocycles. The molecule has 0 fully saturated rings. The standard InChI is InChI=1S/C26H20N2O4S/c1-30-17-6-4-5-15(11-17)13-33-26-27-23(16-9-10-20-21(12-16)32-14-31-20)22-24(28-26)18-7-2-3-8-19(18)25(22)29/h2-12,23H,13-14H2,1H3,(H,27,28)/t23-/m0/s1. The second-order valence-corrected chi connectivity index (χ2v) is 8.84. The highest BCUT2D eigenvalue weighted by Crippen LogP contribution is 2.45. The van der Waals surface area contributed by atoms with Crippen LogP contribution in [0.15, 0.2) is 77.3 Å². The number of fused-ring (bicyclic) bond motifs is 3. The molecule has 164 valence electrons. The first-order valence-corrected chi connectivity index (χ1v) is 11.6. The molecule has 0 saturated heterocycles. The molecule has 7 heteroatoms. The summed E-state index contributed by atoms with van der Waals surface area (Å²) in [6.07, 6.45) is 0. The number of carbonyl (C=O) groups excluding carboxylic acids is 1. The number of carbonyl (C=O) groups is 1. The summed E-state index contributed by atoms with van der Waals surface area (Å²) in [5.41, 5.74) is 5.15. The van der Waals surface area contributed by atoms with Crippen LogP contribution < -0.4 is 19.5 Å². The van der Waals surface area contributed by atoms with Gasteiger partial charge < -0.3 is 19.5 Å². The smallest absolute Gasteiger partial charge is 0.231 e. The number of benzene rings is 3. The average molecular weight is 457 g/mol. The van der Waals surface area contributed by atoms with Crippen molar-refractivity contribution < 1.29 is 19.0 Å². The molecular formula is C26H20N2O4S. The largest absolute Gasteiger partial charge is 0.497 e. The number of ether oxygens (including phenoxy) is 3. The number of rotatable bonds is 4. The van der Waals surface area contributed by atoms with Gasteiger partial charge in [-0.15, -0.1) is 0 Å². The number of Topliss-reactive ketones (excluding diaryl/α,β-unsaturated/α-hetero) is 1. The fourth-order valence-electron chi connectivity index (χ4n) is 4.33. The highest BCUT2D eigenvalue weighted by Gasteiger charge is 2.38. The van der Waals surface area contributed by atoms with Crippen molar-refractivity contribution in [1.29, 1.82) is 0 Å². The fraction of sp³-hybridized carbons (Fsp3) is 0.154. The van der Waals surface area contributed by atoms with Crippen LogP contribution in [0, 0.1) is 0 Å². The van der Waals surface area contributed by atoms with E-state index in [-0.39, 0.29) is 12.6 Å². The highest BCUT2D eigenvalue weighted by atomic mass is 32.2. The minimum atomic E-state index is -0.427. The zero-order valence-electron chi connectivity index (χ0n) is 17.8. The number of nitrogens with zero attached hydrogens (tertiary/aromatic N) is 1. The van der Waals surface area contributed by atoms with Crippen LogP contribution in [-0.2, 0) is 5.75 Å². The molecular weight excluding hydrogens is 436 g/mol. The summed E-state index contributed by atoms with van der Waals surface area (Å²) in [6, 6.07) is 21.0. The lowest BCUT2D eigenvalue weighted by Gasteiger charge is -2.24. The quantitative estimate of drug-likeness (QED) is 0.598. The second-order valence-electron chi connectivity index (χ2n) is 7.88. The Kier molecular flexibility index (Phi) is 4.84. The predicted molar refractivity (Wildman–Crippen MR) is 128 cm³/mol. The van der Waals surface area contributed by atoms with E-state index < -0.39 is 6.04 Å². The van der Waals surface area contributed by atoms with E-state index in [0.29, 0.717) is 22.6 Å². The van der Waals surface area contributed by atoms with Crippen LogP contribution in [0.25, 0.3) is 5.70 Å². The van der Waals surface area contributed by atoms with Gasteiger partial charge in [-0.05, 0) is 35.4 Å². The first kappa shape index (κ1) is 19.9. The van der Waals surface area contributed by atoms with Gasteiger partial charge in [0.25, 0.3) is 0 Å². The molecule has 0 aromatic heterocycles. The Hall–Kier alpha value is -3.71. The van der Waals surface area contributed by atoms with E-state index >= 15 is 0 Å². The molecule has 1 N–H and O–H groups in total. The topological polar surface area (TPSA) is 69.2 Å². The normalized spacial score (nSPS) is 17.9. The summed E-state index contributed by atoms with van der Waals surface area (Å²) < 4.78 is 16.4. The first-order chi connectivity index (χ1) is 16.2. The third kappa shape index (κ3) is 3.45. The van der Waals surface area contributed by atoms with Gasteiger partial charge in [-0.3, -0.25) is 4.79 Å². The Labute approximate surface area is 195 Å². The van der Waals surface area contributed by atoms with Crippen LogP contribution in [0.1, 0.15) is 33.1 Å². The Bertz CT molecular complexity index is 1350. The number of thioether (sulfide) groups is 1. The molecule has 1 aliphatic carbocycles. The Balaban J connectivity index is 1.37. The van der Waals surface area contributed by atoms with Gasteiger partial charge in [-0.2, -0.15) is 0 Å². The summed E-state index contributed by atoms with van der Waals surface area (Å²) in [7, 11) is 1.66. The van der Waals surface area contributed by atoms with E-state index in [1.165, 1.54) is 0 Å². The number of hydrogen-bond donors (Lipinski definition) is 1. The van der Waals surface area contributed by atoms with Gasteiger partial charge in [0.15, 0.2) is 22.4 Å². The Morgan fingerprint density at radius 2 is 1.88 bits per heavy atom. The average Bonchev–Trinajstić information content (AvgIpc) is 3.45. The molecule has 0 unspecified atom stereocenters. The molecule has 0 bridgehead atoms. The number of nitrogens with one attached hydrogen (secondary N) is 1. The van der Waals surface area contributed by atoms with E-state index in [0.717, 1.165) is 39.1 Å². The summed E-state index contributed by atoms with van der Waals surface area (Å²) in [4.78, 5) is 18.3. The Morgan fingerprint density at radius 3 is 2.76 bits per heavy atom. The minimum Gasteiger partial charge on any atom is -0.497 e. The second kappa shape index (κ2) is 8.01. The van der Waals surface area contributed by atoms with E-state index in [4.69, 9.17) is 19.2 Å². The molecule has 2 heterocycles. The molecule has 0 amide bonds. The van der Waals surface area contributed by atoms with Crippen molar-refractivity contribution in [3.8, 4) is 17.2 Å². The van der Waals surface area contributed by atoms with Gasteiger partial charge >= 0.3 is 0 Å². The maximum atomic E-state index is 13.4. The fourth-order valence-corrected chi connectivity index (χ4v) is 5.17. The van der Waals surface area contributed by atoms with Gasteiger partial charge in [-0.25, -0.2) is 4.99 Å². The van der Waals surface area contributed by atoms with Gasteiger partial charge in [0.05, 0.1) is 18.4 Å². The van der Waals surface area contributed by atoms with Crippen molar-refractivity contribution >= 4 is 28.4 Å². The molecule has 3 aliphatic rings. The number of hydrogen-bond acceptors (Lipinski definition) is 7. The number of aliphatic imine (C=N–C) groups is 1. The summed E-state index contributed by atoms with van der Waals surface area (Å²) >= 11 is 1.60. The predicted octanol–water partition coefficient (Wildman–Crippen LogP) is 4.97. The van der Waals surface area contributed by atoms with Crippen molar-refractivity contribution in [2.24, 2.45) is 4.99 Å². The van der Waals surface area contributed by atoms with Gasteiger partial charge in [0.1, 0.15) is 11.8 Å². The van der Waals surface area contributed by atoms with E-state index in [2.05, 4.69) is 11.4 Å². The van der Waals surface area contributed by atoms with Gasteiger partial charge in [0, 0.05) is 16.9 Å². The van der Waals surface area contributed by atoms with Crippen molar-refractivity contribution in [3.05, 3.63) is 94.6 Å². The van der Waals surface area contributed by atoms with Crippen LogP contribution in [0.5, 0.6) is 17.2 Å². The number of methoxy groups -OCH3 is 1. The number of ketones is 1. The number of amidine groups is 1. The Morgan fingerprint density at radius 1 is 1.03 bits per heavy atom. The third-order valence-electron chi connectivity index (χ3n) is 5.93. The first-order valence-electron chi connectivity index (χ1n) is 10.6. The molecule has 0 spiro atoms. The minimum absolute atomic E-state index is 0.0105. The van der Waals surface area contributed by atoms with Crippen LogP contribution in [0.3, 0.4) is 0 Å². The molecule has 0 radical (unpaired) electrons. The monoisotopic (exact) mass is 456 g/mol. The van der Waals surface area contributed by atoms with E-state index in [1.54, 1.807) is 18.9 Å². The SMILES string of the molecule is COc1cccc(CSC2=N[C@@H](c3ccc4c(c3)OCO4)C3=C(N2)c2ccccc2C3=O)c1. The lowest BCUT2D eigenvalue weighted by molar-refractivity contribution is 0.103. The summed E-state index contributed by atoms with van der Waals surface area (Å²) in [6.45, 7) is 0.203. The van der Waals surface area contributed by atoms with E-state index in [1.807, 2.05) is 60.7 Å². The molecule has 6 rings (SSSR count). The van der Waals surface area contributed by atoms with Crippen molar-refractivity contribution in [2.75, 3.05) is 13.9 Å². The maximum Gasteiger partial charge on any atom is 0.231 e. The third-order valence-corrected chi connectivity index (χ3v) is 6.89. The zero-order valence-corrected chi connectivity index (χ0v) is 18.6. The van der Waals surface area contributed by atoms with Gasteiger partial charge in [-0.1, -0.05) is 54.2 Å². The molecule has 3 aromatic carbocycles. The molecule has 33 heavy (non-hydrogen) atoms. The van der Waals surface area contributed by atoms with Crippen molar-refractivity contribution in [3.63, 3.8) is 0 Å². The van der Waals surface area contributed by atoms with Gasteiger partial charge in [0.2, 0.25) is 6.79 Å². The molecule has 0 saturated carbocycles. The lowest BCUT2D eigenvalue weighted by atomic mass is 9.95. The zero-order chi connectivity index (χ0) is 22.4. The summed E-state index contributed by atoms with van der Waals surface area (Å²) in [5, 5.41) is 4.20.